The van der Waals surface area contributed by atoms with Crippen molar-refractivity contribution < 1.29 is 18.7 Å². The number of aryl methyl sites for hydroxylation is 1. The summed E-state index contributed by atoms with van der Waals surface area (Å²) in [5, 5.41) is 2.98. The average molecular weight is 374 g/mol. The first-order valence-electron chi connectivity index (χ1n) is 8.84. The van der Waals surface area contributed by atoms with Crippen LogP contribution < -0.4 is 14.8 Å². The first-order chi connectivity index (χ1) is 12.9. The van der Waals surface area contributed by atoms with E-state index in [-0.39, 0.29) is 17.8 Å². The van der Waals surface area contributed by atoms with E-state index < -0.39 is 0 Å². The van der Waals surface area contributed by atoms with Crippen molar-refractivity contribution in [2.24, 2.45) is 0 Å². The van der Waals surface area contributed by atoms with Crippen LogP contribution in [0.3, 0.4) is 0 Å². The predicted molar refractivity (Wildman–Crippen MR) is 104 cm³/mol. The number of hydrogen-bond acceptors (Lipinski definition) is 4. The first-order valence-corrected chi connectivity index (χ1v) is 8.84. The van der Waals surface area contributed by atoms with Crippen LogP contribution in [0.4, 0.5) is 4.39 Å². The molecule has 0 fully saturated rings. The molecular weight excluding hydrogens is 347 g/mol. The van der Waals surface area contributed by atoms with Gasteiger partial charge in [0.2, 0.25) is 5.91 Å². The highest BCUT2D eigenvalue weighted by molar-refractivity contribution is 5.76. The Hall–Kier alpha value is -2.60. The molecule has 27 heavy (non-hydrogen) atoms. The lowest BCUT2D eigenvalue weighted by Gasteiger charge is -2.26. The highest BCUT2D eigenvalue weighted by atomic mass is 19.1. The van der Waals surface area contributed by atoms with Crippen LogP contribution in [-0.2, 0) is 11.2 Å². The van der Waals surface area contributed by atoms with Crippen LogP contribution in [0.15, 0.2) is 42.5 Å². The Labute approximate surface area is 160 Å². The second-order valence-electron chi connectivity index (χ2n) is 6.52. The third-order valence-corrected chi connectivity index (χ3v) is 4.46. The van der Waals surface area contributed by atoms with Crippen molar-refractivity contribution in [3.8, 4) is 11.5 Å². The summed E-state index contributed by atoms with van der Waals surface area (Å²) in [6.07, 6.45) is 0.937. The maximum absolute atomic E-state index is 12.9. The molecule has 0 spiro atoms. The minimum absolute atomic E-state index is 0.000391. The Morgan fingerprint density at radius 2 is 1.74 bits per heavy atom. The number of likely N-dealkylation sites (N-methyl/N-ethyl adjacent to an activating group) is 1. The van der Waals surface area contributed by atoms with Gasteiger partial charge in [0.25, 0.3) is 0 Å². The largest absolute Gasteiger partial charge is 0.493 e. The van der Waals surface area contributed by atoms with Crippen molar-refractivity contribution in [2.75, 3.05) is 34.9 Å². The maximum atomic E-state index is 12.9. The van der Waals surface area contributed by atoms with Crippen LogP contribution in [0.5, 0.6) is 11.5 Å². The van der Waals surface area contributed by atoms with Gasteiger partial charge in [-0.3, -0.25) is 4.79 Å². The molecule has 0 bridgehead atoms. The van der Waals surface area contributed by atoms with Gasteiger partial charge in [-0.05, 0) is 55.9 Å². The molecule has 2 aromatic carbocycles. The zero-order chi connectivity index (χ0) is 19.8. The quantitative estimate of drug-likeness (QED) is 0.732. The summed E-state index contributed by atoms with van der Waals surface area (Å²) in [5.74, 6) is 1.02. The Bertz CT molecular complexity index is 748. The lowest BCUT2D eigenvalue weighted by atomic mass is 10.0. The molecule has 2 rings (SSSR count). The summed E-state index contributed by atoms with van der Waals surface area (Å²) in [7, 11) is 7.13. The fourth-order valence-corrected chi connectivity index (χ4v) is 2.87. The lowest BCUT2D eigenvalue weighted by Crippen LogP contribution is -2.34. The number of ether oxygens (including phenoxy) is 2. The number of amides is 1. The van der Waals surface area contributed by atoms with Crippen LogP contribution in [0, 0.1) is 5.82 Å². The molecule has 0 aliphatic carbocycles. The van der Waals surface area contributed by atoms with Gasteiger partial charge in [0, 0.05) is 13.0 Å². The molecular formula is C21H27FN2O3. The lowest BCUT2D eigenvalue weighted by molar-refractivity contribution is -0.121. The van der Waals surface area contributed by atoms with E-state index in [1.807, 2.05) is 37.2 Å². The van der Waals surface area contributed by atoms with E-state index >= 15 is 0 Å². The van der Waals surface area contributed by atoms with Crippen LogP contribution in [-0.4, -0.2) is 45.7 Å². The van der Waals surface area contributed by atoms with Crippen LogP contribution >= 0.6 is 0 Å². The summed E-state index contributed by atoms with van der Waals surface area (Å²) in [6.45, 7) is 0.477. The maximum Gasteiger partial charge on any atom is 0.220 e. The van der Waals surface area contributed by atoms with E-state index in [9.17, 15) is 9.18 Å². The van der Waals surface area contributed by atoms with Gasteiger partial charge in [-0.2, -0.15) is 0 Å². The molecule has 0 aromatic heterocycles. The average Bonchev–Trinajstić information content (AvgIpc) is 2.67. The molecule has 0 saturated carbocycles. The standard InChI is InChI=1S/C21H27FN2O3/c1-24(2)18(16-8-11-19(26-3)20(13-16)27-4)14-23-21(25)12-7-15-5-9-17(22)10-6-15/h5-6,8-11,13,18H,7,12,14H2,1-4H3,(H,23,25). The van der Waals surface area contributed by atoms with Crippen molar-refractivity contribution in [3.63, 3.8) is 0 Å². The number of carbonyl (C=O) groups is 1. The Morgan fingerprint density at radius 1 is 1.07 bits per heavy atom. The highest BCUT2D eigenvalue weighted by Crippen LogP contribution is 2.31. The number of benzene rings is 2. The van der Waals surface area contributed by atoms with Crippen molar-refractivity contribution in [3.05, 3.63) is 59.4 Å². The van der Waals surface area contributed by atoms with E-state index in [4.69, 9.17) is 9.47 Å². The molecule has 1 atom stereocenters. The van der Waals surface area contributed by atoms with Crippen molar-refractivity contribution >= 4 is 5.91 Å². The van der Waals surface area contributed by atoms with Crippen molar-refractivity contribution in [1.29, 1.82) is 0 Å². The summed E-state index contributed by atoms with van der Waals surface area (Å²) in [6, 6.07) is 12.0. The van der Waals surface area contributed by atoms with Crippen molar-refractivity contribution in [1.82, 2.24) is 10.2 Å². The van der Waals surface area contributed by atoms with E-state index in [0.29, 0.717) is 30.9 Å². The van der Waals surface area contributed by atoms with E-state index in [0.717, 1.165) is 11.1 Å². The van der Waals surface area contributed by atoms with Gasteiger partial charge in [0.1, 0.15) is 5.82 Å². The second-order valence-corrected chi connectivity index (χ2v) is 6.52. The molecule has 0 heterocycles. The Balaban J connectivity index is 1.95. The minimum Gasteiger partial charge on any atom is -0.493 e. The number of halogens is 1. The normalized spacial score (nSPS) is 11.9. The van der Waals surface area contributed by atoms with Crippen LogP contribution in [0.25, 0.3) is 0 Å². The molecule has 2 aromatic rings. The van der Waals surface area contributed by atoms with Crippen molar-refractivity contribution in [2.45, 2.75) is 18.9 Å². The molecule has 0 aliphatic rings. The second kappa shape index (κ2) is 9.92. The molecule has 6 heteroatoms. The minimum atomic E-state index is -0.271. The highest BCUT2D eigenvalue weighted by Gasteiger charge is 2.17. The summed E-state index contributed by atoms with van der Waals surface area (Å²) in [5.41, 5.74) is 1.96. The number of hydrogen-bond donors (Lipinski definition) is 1. The van der Waals surface area contributed by atoms with Gasteiger partial charge in [0.15, 0.2) is 11.5 Å². The van der Waals surface area contributed by atoms with Gasteiger partial charge in [-0.15, -0.1) is 0 Å². The molecule has 0 saturated heterocycles. The third-order valence-electron chi connectivity index (χ3n) is 4.46. The molecule has 146 valence electrons. The third kappa shape index (κ3) is 5.96. The summed E-state index contributed by atoms with van der Waals surface area (Å²) < 4.78 is 23.6. The van der Waals surface area contributed by atoms with E-state index in [1.54, 1.807) is 26.4 Å². The smallest absolute Gasteiger partial charge is 0.220 e. The zero-order valence-electron chi connectivity index (χ0n) is 16.3. The monoisotopic (exact) mass is 374 g/mol. The van der Waals surface area contributed by atoms with Gasteiger partial charge >= 0.3 is 0 Å². The predicted octanol–water partition coefficient (Wildman–Crippen LogP) is 3.19. The molecule has 0 radical (unpaired) electrons. The number of carbonyl (C=O) groups excluding carboxylic acids is 1. The number of rotatable bonds is 9. The van der Waals surface area contributed by atoms with Crippen LogP contribution in [0.2, 0.25) is 0 Å². The molecule has 0 aliphatic heterocycles. The van der Waals surface area contributed by atoms with Gasteiger partial charge in [0.05, 0.1) is 20.3 Å². The molecule has 1 unspecified atom stereocenters. The topological polar surface area (TPSA) is 50.8 Å². The molecule has 1 amide bonds. The Morgan fingerprint density at radius 3 is 2.33 bits per heavy atom. The molecule has 5 nitrogen and oxygen atoms in total. The van der Waals surface area contributed by atoms with Gasteiger partial charge in [-0.25, -0.2) is 4.39 Å². The fraction of sp³-hybridized carbons (Fsp3) is 0.381. The van der Waals surface area contributed by atoms with Gasteiger partial charge in [-0.1, -0.05) is 18.2 Å². The number of nitrogens with one attached hydrogen (secondary N) is 1. The Kier molecular flexibility index (Phi) is 7.61. The number of methoxy groups -OCH3 is 2. The summed E-state index contributed by atoms with van der Waals surface area (Å²) >= 11 is 0. The fourth-order valence-electron chi connectivity index (χ4n) is 2.87. The van der Waals surface area contributed by atoms with E-state index in [1.165, 1.54) is 12.1 Å². The molecule has 1 N–H and O–H groups in total. The van der Waals surface area contributed by atoms with E-state index in [2.05, 4.69) is 5.32 Å². The SMILES string of the molecule is COc1ccc(C(CNC(=O)CCc2ccc(F)cc2)N(C)C)cc1OC. The zero-order valence-corrected chi connectivity index (χ0v) is 16.3. The number of nitrogens with zero attached hydrogens (tertiary/aromatic N) is 1. The van der Waals surface area contributed by atoms with Gasteiger partial charge < -0.3 is 19.7 Å². The summed E-state index contributed by atoms with van der Waals surface area (Å²) in [4.78, 5) is 14.3. The van der Waals surface area contributed by atoms with Crippen LogP contribution in [0.1, 0.15) is 23.6 Å². The first kappa shape index (κ1) is 20.7.